The highest BCUT2D eigenvalue weighted by molar-refractivity contribution is 7.90. The summed E-state index contributed by atoms with van der Waals surface area (Å²) in [4.78, 5) is 13.0. The normalized spacial score (nSPS) is 20.5. The SMILES string of the molecule is CC1CC(NC(=O)c2ccccc2CS(=O)(=O)c2ccccc2)CCN1. The Morgan fingerprint density at radius 2 is 1.81 bits per heavy atom. The van der Waals surface area contributed by atoms with Gasteiger partial charge in [-0.2, -0.15) is 0 Å². The van der Waals surface area contributed by atoms with Crippen LogP contribution in [0.5, 0.6) is 0 Å². The van der Waals surface area contributed by atoms with Gasteiger partial charge in [-0.1, -0.05) is 36.4 Å². The Balaban J connectivity index is 1.79. The molecule has 0 radical (unpaired) electrons. The van der Waals surface area contributed by atoms with Gasteiger partial charge >= 0.3 is 0 Å². The average molecular weight is 372 g/mol. The zero-order valence-electron chi connectivity index (χ0n) is 14.8. The van der Waals surface area contributed by atoms with Crippen molar-refractivity contribution in [2.75, 3.05) is 6.54 Å². The van der Waals surface area contributed by atoms with Gasteiger partial charge in [0.25, 0.3) is 5.91 Å². The van der Waals surface area contributed by atoms with Gasteiger partial charge in [-0.3, -0.25) is 4.79 Å². The predicted octanol–water partition coefficient (Wildman–Crippen LogP) is 2.53. The van der Waals surface area contributed by atoms with Crippen LogP contribution in [0.15, 0.2) is 59.5 Å². The molecule has 138 valence electrons. The lowest BCUT2D eigenvalue weighted by Crippen LogP contribution is -2.46. The van der Waals surface area contributed by atoms with Crippen LogP contribution in [0.1, 0.15) is 35.7 Å². The lowest BCUT2D eigenvalue weighted by atomic mass is 9.99. The number of nitrogens with one attached hydrogen (secondary N) is 2. The summed E-state index contributed by atoms with van der Waals surface area (Å²) in [5, 5.41) is 6.41. The van der Waals surface area contributed by atoms with E-state index in [2.05, 4.69) is 17.6 Å². The molecule has 2 aromatic rings. The molecule has 1 heterocycles. The highest BCUT2D eigenvalue weighted by Crippen LogP contribution is 2.19. The molecule has 0 aliphatic carbocycles. The maximum absolute atomic E-state index is 12.7. The minimum atomic E-state index is -3.50. The summed E-state index contributed by atoms with van der Waals surface area (Å²) in [6, 6.07) is 15.7. The van der Waals surface area contributed by atoms with E-state index in [1.165, 1.54) is 0 Å². The molecule has 1 aliphatic rings. The second-order valence-electron chi connectivity index (χ2n) is 6.78. The van der Waals surface area contributed by atoms with E-state index in [-0.39, 0.29) is 22.6 Å². The molecule has 0 spiro atoms. The van der Waals surface area contributed by atoms with Gasteiger partial charge in [-0.25, -0.2) is 8.42 Å². The van der Waals surface area contributed by atoms with Crippen LogP contribution < -0.4 is 10.6 Å². The van der Waals surface area contributed by atoms with Crippen molar-refractivity contribution in [1.29, 1.82) is 0 Å². The van der Waals surface area contributed by atoms with Crippen molar-refractivity contribution in [2.45, 2.75) is 42.5 Å². The third-order valence-corrected chi connectivity index (χ3v) is 6.35. The second kappa shape index (κ2) is 8.01. The monoisotopic (exact) mass is 372 g/mol. The number of hydrogen-bond acceptors (Lipinski definition) is 4. The van der Waals surface area contributed by atoms with Crippen LogP contribution >= 0.6 is 0 Å². The van der Waals surface area contributed by atoms with Crippen LogP contribution in [0.3, 0.4) is 0 Å². The van der Waals surface area contributed by atoms with Crippen molar-refractivity contribution in [1.82, 2.24) is 10.6 Å². The van der Waals surface area contributed by atoms with Crippen LogP contribution in [-0.2, 0) is 15.6 Å². The smallest absolute Gasteiger partial charge is 0.251 e. The van der Waals surface area contributed by atoms with Crippen molar-refractivity contribution in [3.8, 4) is 0 Å². The molecule has 1 saturated heterocycles. The van der Waals surface area contributed by atoms with Crippen molar-refractivity contribution in [3.63, 3.8) is 0 Å². The van der Waals surface area contributed by atoms with Crippen molar-refractivity contribution >= 4 is 15.7 Å². The molecule has 0 bridgehead atoms. The highest BCUT2D eigenvalue weighted by atomic mass is 32.2. The summed E-state index contributed by atoms with van der Waals surface area (Å²) in [7, 11) is -3.50. The first-order chi connectivity index (χ1) is 12.5. The zero-order chi connectivity index (χ0) is 18.6. The maximum atomic E-state index is 12.7. The fourth-order valence-electron chi connectivity index (χ4n) is 3.31. The van der Waals surface area contributed by atoms with Gasteiger partial charge in [0, 0.05) is 17.6 Å². The van der Waals surface area contributed by atoms with E-state index >= 15 is 0 Å². The molecule has 26 heavy (non-hydrogen) atoms. The number of sulfone groups is 1. The summed E-state index contributed by atoms with van der Waals surface area (Å²) in [5.74, 6) is -0.397. The van der Waals surface area contributed by atoms with Gasteiger partial charge in [0.15, 0.2) is 9.84 Å². The Bertz CT molecular complexity index is 866. The van der Waals surface area contributed by atoms with Gasteiger partial charge in [-0.05, 0) is 50.1 Å². The maximum Gasteiger partial charge on any atom is 0.251 e. The van der Waals surface area contributed by atoms with E-state index in [9.17, 15) is 13.2 Å². The average Bonchev–Trinajstić information content (AvgIpc) is 2.62. The third kappa shape index (κ3) is 4.51. The number of hydrogen-bond donors (Lipinski definition) is 2. The van der Waals surface area contributed by atoms with E-state index < -0.39 is 9.84 Å². The number of carbonyl (C=O) groups is 1. The van der Waals surface area contributed by atoms with Gasteiger partial charge in [-0.15, -0.1) is 0 Å². The first-order valence-corrected chi connectivity index (χ1v) is 10.5. The summed E-state index contributed by atoms with van der Waals surface area (Å²) < 4.78 is 25.3. The first-order valence-electron chi connectivity index (χ1n) is 8.85. The minimum absolute atomic E-state index is 0.109. The Kier molecular flexibility index (Phi) is 5.74. The molecule has 0 aromatic heterocycles. The summed E-state index contributed by atoms with van der Waals surface area (Å²) in [5.41, 5.74) is 0.953. The topological polar surface area (TPSA) is 75.3 Å². The van der Waals surface area contributed by atoms with E-state index in [4.69, 9.17) is 0 Å². The molecule has 2 aromatic carbocycles. The molecule has 1 amide bonds. The Hall–Kier alpha value is -2.18. The first kappa shape index (κ1) is 18.6. The van der Waals surface area contributed by atoms with Crippen LogP contribution in [0, 0.1) is 0 Å². The standard InChI is InChI=1S/C20H24N2O3S/c1-15-13-17(11-12-21-15)22-20(23)19-10-6-5-7-16(19)14-26(24,25)18-8-3-2-4-9-18/h2-10,15,17,21H,11-14H2,1H3,(H,22,23). The molecule has 0 saturated carbocycles. The minimum Gasteiger partial charge on any atom is -0.349 e. The zero-order valence-corrected chi connectivity index (χ0v) is 15.6. The van der Waals surface area contributed by atoms with Crippen LogP contribution in [0.4, 0.5) is 0 Å². The number of amides is 1. The lowest BCUT2D eigenvalue weighted by molar-refractivity contribution is 0.0925. The molecule has 3 rings (SSSR count). The number of carbonyl (C=O) groups excluding carboxylic acids is 1. The van der Waals surface area contributed by atoms with Gasteiger partial charge in [0.05, 0.1) is 10.6 Å². The fraction of sp³-hybridized carbons (Fsp3) is 0.350. The third-order valence-electron chi connectivity index (χ3n) is 4.67. The van der Waals surface area contributed by atoms with Gasteiger partial charge < -0.3 is 10.6 Å². The lowest BCUT2D eigenvalue weighted by Gasteiger charge is -2.28. The Morgan fingerprint density at radius 3 is 2.54 bits per heavy atom. The van der Waals surface area contributed by atoms with Crippen molar-refractivity contribution < 1.29 is 13.2 Å². The van der Waals surface area contributed by atoms with E-state index in [1.54, 1.807) is 54.6 Å². The van der Waals surface area contributed by atoms with E-state index in [1.807, 2.05) is 0 Å². The number of benzene rings is 2. The molecule has 6 heteroatoms. The van der Waals surface area contributed by atoms with Crippen molar-refractivity contribution in [3.05, 3.63) is 65.7 Å². The van der Waals surface area contributed by atoms with Crippen molar-refractivity contribution in [2.24, 2.45) is 0 Å². The number of piperidine rings is 1. The van der Waals surface area contributed by atoms with Gasteiger partial charge in [0.2, 0.25) is 0 Å². The summed E-state index contributed by atoms with van der Waals surface area (Å²) >= 11 is 0. The number of rotatable bonds is 5. The molecule has 2 N–H and O–H groups in total. The molecule has 1 fully saturated rings. The molecule has 2 unspecified atom stereocenters. The largest absolute Gasteiger partial charge is 0.349 e. The molecule has 1 aliphatic heterocycles. The summed E-state index contributed by atoms with van der Waals surface area (Å²) in [6.07, 6.45) is 1.75. The fourth-order valence-corrected chi connectivity index (χ4v) is 4.71. The second-order valence-corrected chi connectivity index (χ2v) is 8.77. The van der Waals surface area contributed by atoms with Crippen LogP contribution in [-0.4, -0.2) is 33.0 Å². The molecule has 5 nitrogen and oxygen atoms in total. The quantitative estimate of drug-likeness (QED) is 0.846. The Morgan fingerprint density at radius 1 is 1.12 bits per heavy atom. The molecule has 2 atom stereocenters. The van der Waals surface area contributed by atoms with Crippen LogP contribution in [0.25, 0.3) is 0 Å². The van der Waals surface area contributed by atoms with Crippen LogP contribution in [0.2, 0.25) is 0 Å². The molecular weight excluding hydrogens is 348 g/mol. The van der Waals surface area contributed by atoms with E-state index in [0.717, 1.165) is 19.4 Å². The Labute approximate surface area is 154 Å². The van der Waals surface area contributed by atoms with Gasteiger partial charge in [0.1, 0.15) is 0 Å². The highest BCUT2D eigenvalue weighted by Gasteiger charge is 2.23. The summed E-state index contributed by atoms with van der Waals surface area (Å²) in [6.45, 7) is 2.97. The predicted molar refractivity (Wildman–Crippen MR) is 102 cm³/mol. The molecular formula is C20H24N2O3S. The van der Waals surface area contributed by atoms with E-state index in [0.29, 0.717) is 17.2 Å².